The highest BCUT2D eigenvalue weighted by atomic mass is 16.3. The fraction of sp³-hybridized carbons (Fsp3) is 0.583. The zero-order chi connectivity index (χ0) is 11.1. The number of aliphatic hydroxyl groups is 1. The highest BCUT2D eigenvalue weighted by molar-refractivity contribution is 5.02. The van der Waals surface area contributed by atoms with E-state index < -0.39 is 0 Å². The van der Waals surface area contributed by atoms with Crippen molar-refractivity contribution in [1.29, 1.82) is 0 Å². The molecule has 1 unspecified atom stereocenters. The van der Waals surface area contributed by atoms with Gasteiger partial charge < -0.3 is 10.4 Å². The van der Waals surface area contributed by atoms with E-state index in [2.05, 4.69) is 10.3 Å². The summed E-state index contributed by atoms with van der Waals surface area (Å²) in [5, 5.41) is 12.8. The Hall–Kier alpha value is -0.930. The molecule has 0 bridgehead atoms. The van der Waals surface area contributed by atoms with Crippen LogP contribution in [-0.4, -0.2) is 22.7 Å². The Morgan fingerprint density at radius 3 is 2.80 bits per heavy atom. The van der Waals surface area contributed by atoms with E-state index in [1.807, 2.05) is 32.0 Å². The van der Waals surface area contributed by atoms with Crippen LogP contribution in [0.4, 0.5) is 0 Å². The Morgan fingerprint density at radius 2 is 2.20 bits per heavy atom. The highest BCUT2D eigenvalue weighted by Crippen LogP contribution is 2.04. The van der Waals surface area contributed by atoms with Gasteiger partial charge in [0.1, 0.15) is 0 Å². The zero-order valence-corrected chi connectivity index (χ0v) is 9.48. The second kappa shape index (κ2) is 6.53. The number of rotatable bonds is 6. The topological polar surface area (TPSA) is 45.1 Å². The van der Waals surface area contributed by atoms with Crippen LogP contribution in [0.25, 0.3) is 0 Å². The van der Waals surface area contributed by atoms with Gasteiger partial charge in [0.15, 0.2) is 0 Å². The SMILES string of the molecule is CC(C)C(O)CCNCc1ccccn1. The maximum Gasteiger partial charge on any atom is 0.0575 e. The standard InChI is InChI=1S/C12H20N2O/c1-10(2)12(15)6-8-13-9-11-5-3-4-7-14-11/h3-5,7,10,12-13,15H,6,8-9H2,1-2H3. The third kappa shape index (κ3) is 4.91. The van der Waals surface area contributed by atoms with Gasteiger partial charge in [-0.1, -0.05) is 19.9 Å². The van der Waals surface area contributed by atoms with Crippen molar-refractivity contribution in [3.05, 3.63) is 30.1 Å². The smallest absolute Gasteiger partial charge is 0.0575 e. The van der Waals surface area contributed by atoms with E-state index in [9.17, 15) is 5.11 Å². The number of hydrogen-bond donors (Lipinski definition) is 2. The molecule has 15 heavy (non-hydrogen) atoms. The molecule has 1 aromatic heterocycles. The minimum absolute atomic E-state index is 0.207. The number of hydrogen-bond acceptors (Lipinski definition) is 3. The molecule has 1 atom stereocenters. The van der Waals surface area contributed by atoms with Crippen molar-refractivity contribution in [2.45, 2.75) is 32.9 Å². The van der Waals surface area contributed by atoms with Crippen molar-refractivity contribution < 1.29 is 5.11 Å². The summed E-state index contributed by atoms with van der Waals surface area (Å²) >= 11 is 0. The van der Waals surface area contributed by atoms with Gasteiger partial charge in [-0.05, 0) is 31.0 Å². The van der Waals surface area contributed by atoms with Crippen molar-refractivity contribution >= 4 is 0 Å². The summed E-state index contributed by atoms with van der Waals surface area (Å²) in [7, 11) is 0. The average molecular weight is 208 g/mol. The molecule has 0 amide bonds. The number of aliphatic hydroxyl groups excluding tert-OH is 1. The summed E-state index contributed by atoms with van der Waals surface area (Å²) in [4.78, 5) is 4.21. The maximum atomic E-state index is 9.57. The molecule has 0 radical (unpaired) electrons. The molecule has 3 nitrogen and oxygen atoms in total. The van der Waals surface area contributed by atoms with Gasteiger partial charge >= 0.3 is 0 Å². The summed E-state index contributed by atoms with van der Waals surface area (Å²) in [6.07, 6.45) is 2.38. The van der Waals surface area contributed by atoms with Crippen LogP contribution >= 0.6 is 0 Å². The Bertz CT molecular complexity index is 262. The molecule has 0 spiro atoms. The molecule has 0 saturated heterocycles. The van der Waals surface area contributed by atoms with Crippen molar-refractivity contribution in [3.63, 3.8) is 0 Å². The Labute approximate surface area is 91.5 Å². The largest absolute Gasteiger partial charge is 0.393 e. The summed E-state index contributed by atoms with van der Waals surface area (Å²) < 4.78 is 0. The first kappa shape index (κ1) is 12.1. The van der Waals surface area contributed by atoms with Crippen LogP contribution < -0.4 is 5.32 Å². The molecule has 1 heterocycles. The van der Waals surface area contributed by atoms with Crippen LogP contribution in [0.2, 0.25) is 0 Å². The quantitative estimate of drug-likeness (QED) is 0.698. The van der Waals surface area contributed by atoms with E-state index in [0.717, 1.165) is 25.2 Å². The van der Waals surface area contributed by atoms with E-state index in [0.29, 0.717) is 5.92 Å². The molecule has 1 rings (SSSR count). The monoisotopic (exact) mass is 208 g/mol. The van der Waals surface area contributed by atoms with Gasteiger partial charge in [-0.15, -0.1) is 0 Å². The number of pyridine rings is 1. The molecule has 3 heteroatoms. The second-order valence-corrected chi connectivity index (χ2v) is 4.10. The minimum Gasteiger partial charge on any atom is -0.393 e. The lowest BCUT2D eigenvalue weighted by molar-refractivity contribution is 0.116. The third-order valence-electron chi connectivity index (χ3n) is 2.42. The summed E-state index contributed by atoms with van der Waals surface area (Å²) in [6.45, 7) is 5.66. The zero-order valence-electron chi connectivity index (χ0n) is 9.48. The summed E-state index contributed by atoms with van der Waals surface area (Å²) in [6, 6.07) is 5.88. The van der Waals surface area contributed by atoms with E-state index in [1.54, 1.807) is 6.20 Å². The van der Waals surface area contributed by atoms with Crippen molar-refractivity contribution in [3.8, 4) is 0 Å². The number of aromatic nitrogens is 1. The van der Waals surface area contributed by atoms with Gasteiger partial charge in [0.05, 0.1) is 11.8 Å². The molecule has 0 aliphatic carbocycles. The second-order valence-electron chi connectivity index (χ2n) is 4.10. The van der Waals surface area contributed by atoms with Crippen LogP contribution in [0.5, 0.6) is 0 Å². The maximum absolute atomic E-state index is 9.57. The molecular formula is C12H20N2O. The number of nitrogens with one attached hydrogen (secondary N) is 1. The van der Waals surface area contributed by atoms with Gasteiger partial charge in [-0.25, -0.2) is 0 Å². The first-order valence-electron chi connectivity index (χ1n) is 5.49. The molecule has 0 aliphatic heterocycles. The molecule has 0 saturated carbocycles. The minimum atomic E-state index is -0.207. The first-order valence-corrected chi connectivity index (χ1v) is 5.49. The normalized spacial score (nSPS) is 13.1. The van der Waals surface area contributed by atoms with Crippen LogP contribution in [0.15, 0.2) is 24.4 Å². The lowest BCUT2D eigenvalue weighted by Crippen LogP contribution is -2.23. The lowest BCUT2D eigenvalue weighted by Gasteiger charge is -2.14. The molecule has 2 N–H and O–H groups in total. The van der Waals surface area contributed by atoms with Crippen molar-refractivity contribution in [2.24, 2.45) is 5.92 Å². The van der Waals surface area contributed by atoms with Crippen LogP contribution in [0, 0.1) is 5.92 Å². The fourth-order valence-electron chi connectivity index (χ4n) is 1.30. The average Bonchev–Trinajstić information content (AvgIpc) is 2.25. The summed E-state index contributed by atoms with van der Waals surface area (Å²) in [5.74, 6) is 0.335. The lowest BCUT2D eigenvalue weighted by atomic mass is 10.0. The van der Waals surface area contributed by atoms with E-state index in [-0.39, 0.29) is 6.10 Å². The highest BCUT2D eigenvalue weighted by Gasteiger charge is 2.07. The Morgan fingerprint density at radius 1 is 1.40 bits per heavy atom. The van der Waals surface area contributed by atoms with Crippen LogP contribution in [-0.2, 0) is 6.54 Å². The van der Waals surface area contributed by atoms with Crippen LogP contribution in [0.3, 0.4) is 0 Å². The molecule has 0 fully saturated rings. The van der Waals surface area contributed by atoms with Gasteiger partial charge in [0, 0.05) is 12.7 Å². The van der Waals surface area contributed by atoms with E-state index in [1.165, 1.54) is 0 Å². The van der Waals surface area contributed by atoms with Gasteiger partial charge in [0.25, 0.3) is 0 Å². The van der Waals surface area contributed by atoms with Crippen molar-refractivity contribution in [2.75, 3.05) is 6.54 Å². The van der Waals surface area contributed by atoms with Crippen molar-refractivity contribution in [1.82, 2.24) is 10.3 Å². The Balaban J connectivity index is 2.12. The molecular weight excluding hydrogens is 188 g/mol. The Kier molecular flexibility index (Phi) is 5.29. The van der Waals surface area contributed by atoms with Gasteiger partial charge in [0.2, 0.25) is 0 Å². The van der Waals surface area contributed by atoms with Crippen LogP contribution in [0.1, 0.15) is 26.0 Å². The molecule has 0 aromatic carbocycles. The molecule has 1 aromatic rings. The number of nitrogens with zero attached hydrogens (tertiary/aromatic N) is 1. The third-order valence-corrected chi connectivity index (χ3v) is 2.42. The van der Waals surface area contributed by atoms with E-state index >= 15 is 0 Å². The predicted octanol–water partition coefficient (Wildman–Crippen LogP) is 1.58. The van der Waals surface area contributed by atoms with Gasteiger partial charge in [-0.2, -0.15) is 0 Å². The first-order chi connectivity index (χ1) is 7.20. The van der Waals surface area contributed by atoms with E-state index in [4.69, 9.17) is 0 Å². The predicted molar refractivity (Wildman–Crippen MR) is 61.4 cm³/mol. The molecule has 84 valence electrons. The molecule has 0 aliphatic rings. The summed E-state index contributed by atoms with van der Waals surface area (Å²) in [5.41, 5.74) is 1.04. The van der Waals surface area contributed by atoms with Gasteiger partial charge in [-0.3, -0.25) is 4.98 Å². The fourth-order valence-corrected chi connectivity index (χ4v) is 1.30.